The second-order valence-electron chi connectivity index (χ2n) is 4.98. The van der Waals surface area contributed by atoms with Crippen LogP contribution in [0.25, 0.3) is 11.3 Å². The molecule has 1 aromatic carbocycles. The zero-order valence-electron chi connectivity index (χ0n) is 11.9. The smallest absolute Gasteiger partial charge is 0.292 e. The van der Waals surface area contributed by atoms with Gasteiger partial charge in [0.2, 0.25) is 5.76 Å². The van der Waals surface area contributed by atoms with Gasteiger partial charge in [0.25, 0.3) is 5.91 Å². The van der Waals surface area contributed by atoms with E-state index < -0.39 is 0 Å². The fraction of sp³-hybridized carbons (Fsp3) is 0.333. The lowest BCUT2D eigenvalue weighted by atomic mass is 10.1. The van der Waals surface area contributed by atoms with Crippen LogP contribution >= 0.6 is 24.0 Å². The molecule has 1 aliphatic heterocycles. The number of amides is 1. The number of carbonyl (C=O) groups is 1. The molecule has 7 heteroatoms. The van der Waals surface area contributed by atoms with Gasteiger partial charge in [0.1, 0.15) is 5.69 Å². The minimum absolute atomic E-state index is 0. The molecule has 22 heavy (non-hydrogen) atoms. The second kappa shape index (κ2) is 7.63. The lowest BCUT2D eigenvalue weighted by Gasteiger charge is -2.17. The van der Waals surface area contributed by atoms with Crippen LogP contribution < -0.4 is 5.32 Å². The monoisotopic (exact) mass is 341 g/mol. The van der Waals surface area contributed by atoms with E-state index in [0.29, 0.717) is 17.3 Å². The Bertz CT molecular complexity index is 637. The summed E-state index contributed by atoms with van der Waals surface area (Å²) in [6, 6.07) is 8.99. The standard InChI is InChI=1S/C15H16ClN3O2.ClH/c16-12-4-1-3-11(9-12)13-10-14(21-18-13)15(20)19-7-2-5-17-6-8-19;/h1,3-4,9-10,17H,2,5-8H2;1H. The van der Waals surface area contributed by atoms with Gasteiger partial charge in [-0.3, -0.25) is 4.79 Å². The van der Waals surface area contributed by atoms with E-state index in [4.69, 9.17) is 16.1 Å². The fourth-order valence-corrected chi connectivity index (χ4v) is 2.55. The Balaban J connectivity index is 0.00000176. The first kappa shape index (κ1) is 16.8. The highest BCUT2D eigenvalue weighted by Crippen LogP contribution is 2.23. The van der Waals surface area contributed by atoms with Crippen molar-refractivity contribution in [2.24, 2.45) is 0 Å². The van der Waals surface area contributed by atoms with Crippen molar-refractivity contribution < 1.29 is 9.32 Å². The first-order valence-electron chi connectivity index (χ1n) is 6.97. The molecule has 2 aromatic rings. The van der Waals surface area contributed by atoms with E-state index in [1.807, 2.05) is 12.1 Å². The number of rotatable bonds is 2. The SMILES string of the molecule is Cl.O=C(c1cc(-c2cccc(Cl)c2)no1)N1CCCNCC1. The van der Waals surface area contributed by atoms with Crippen molar-refractivity contribution in [2.45, 2.75) is 6.42 Å². The summed E-state index contributed by atoms with van der Waals surface area (Å²) in [7, 11) is 0. The third kappa shape index (κ3) is 3.80. The Labute approximate surface area is 140 Å². The summed E-state index contributed by atoms with van der Waals surface area (Å²) in [4.78, 5) is 14.2. The normalized spacial score (nSPS) is 15.0. The van der Waals surface area contributed by atoms with Crippen molar-refractivity contribution in [1.82, 2.24) is 15.4 Å². The maximum atomic E-state index is 12.4. The topological polar surface area (TPSA) is 58.4 Å². The minimum Gasteiger partial charge on any atom is -0.350 e. The number of carbonyl (C=O) groups excluding carboxylic acids is 1. The second-order valence-corrected chi connectivity index (χ2v) is 5.42. The number of nitrogens with zero attached hydrogens (tertiary/aromatic N) is 2. The molecule has 0 spiro atoms. The third-order valence-electron chi connectivity index (χ3n) is 3.47. The lowest BCUT2D eigenvalue weighted by Crippen LogP contribution is -2.33. The highest BCUT2D eigenvalue weighted by molar-refractivity contribution is 6.30. The van der Waals surface area contributed by atoms with Crippen molar-refractivity contribution in [1.29, 1.82) is 0 Å². The minimum atomic E-state index is -0.112. The third-order valence-corrected chi connectivity index (χ3v) is 3.70. The summed E-state index contributed by atoms with van der Waals surface area (Å²) in [6.45, 7) is 3.17. The molecule has 0 unspecified atom stereocenters. The van der Waals surface area contributed by atoms with E-state index in [9.17, 15) is 4.79 Å². The van der Waals surface area contributed by atoms with E-state index in [-0.39, 0.29) is 24.1 Å². The van der Waals surface area contributed by atoms with Gasteiger partial charge in [-0.15, -0.1) is 12.4 Å². The van der Waals surface area contributed by atoms with Crippen molar-refractivity contribution >= 4 is 29.9 Å². The summed E-state index contributed by atoms with van der Waals surface area (Å²) < 4.78 is 5.21. The largest absolute Gasteiger partial charge is 0.350 e. The molecule has 5 nitrogen and oxygen atoms in total. The predicted molar refractivity (Wildman–Crippen MR) is 87.6 cm³/mol. The molecule has 1 aliphatic rings. The molecule has 3 rings (SSSR count). The quantitative estimate of drug-likeness (QED) is 0.912. The Morgan fingerprint density at radius 1 is 1.27 bits per heavy atom. The Morgan fingerprint density at radius 3 is 2.95 bits per heavy atom. The van der Waals surface area contributed by atoms with Crippen molar-refractivity contribution in [3.05, 3.63) is 41.1 Å². The number of benzene rings is 1. The highest BCUT2D eigenvalue weighted by atomic mass is 35.5. The zero-order valence-corrected chi connectivity index (χ0v) is 13.5. The molecule has 1 N–H and O–H groups in total. The van der Waals surface area contributed by atoms with Gasteiger partial charge in [0, 0.05) is 36.3 Å². The number of hydrogen-bond donors (Lipinski definition) is 1. The number of hydrogen-bond acceptors (Lipinski definition) is 4. The molecule has 0 radical (unpaired) electrons. The molecule has 1 aromatic heterocycles. The molecule has 0 bridgehead atoms. The van der Waals surface area contributed by atoms with E-state index in [1.54, 1.807) is 23.1 Å². The first-order chi connectivity index (χ1) is 10.2. The zero-order chi connectivity index (χ0) is 14.7. The van der Waals surface area contributed by atoms with Crippen LogP contribution in [-0.4, -0.2) is 42.1 Å². The fourth-order valence-electron chi connectivity index (χ4n) is 2.36. The molecule has 0 saturated carbocycles. The van der Waals surface area contributed by atoms with E-state index in [0.717, 1.165) is 31.6 Å². The van der Waals surface area contributed by atoms with Gasteiger partial charge in [-0.1, -0.05) is 28.9 Å². The average Bonchev–Trinajstić information content (AvgIpc) is 2.82. The van der Waals surface area contributed by atoms with Gasteiger partial charge in [-0.05, 0) is 25.1 Å². The molecule has 2 heterocycles. The molecule has 0 atom stereocenters. The predicted octanol–water partition coefficient (Wildman–Crippen LogP) is 2.85. The van der Waals surface area contributed by atoms with Crippen LogP contribution in [0.3, 0.4) is 0 Å². The van der Waals surface area contributed by atoms with E-state index >= 15 is 0 Å². The van der Waals surface area contributed by atoms with Crippen LogP contribution in [0, 0.1) is 0 Å². The Kier molecular flexibility index (Phi) is 5.83. The van der Waals surface area contributed by atoms with Crippen LogP contribution in [0.15, 0.2) is 34.9 Å². The van der Waals surface area contributed by atoms with Gasteiger partial charge in [-0.2, -0.15) is 0 Å². The Morgan fingerprint density at radius 2 is 2.14 bits per heavy atom. The average molecular weight is 342 g/mol. The summed E-state index contributed by atoms with van der Waals surface area (Å²) in [6.07, 6.45) is 0.945. The van der Waals surface area contributed by atoms with Crippen molar-refractivity contribution in [3.8, 4) is 11.3 Å². The van der Waals surface area contributed by atoms with Gasteiger partial charge in [-0.25, -0.2) is 0 Å². The summed E-state index contributed by atoms with van der Waals surface area (Å²) in [5, 5.41) is 7.86. The van der Waals surface area contributed by atoms with Crippen LogP contribution in [0.2, 0.25) is 5.02 Å². The van der Waals surface area contributed by atoms with Gasteiger partial charge in [0.05, 0.1) is 0 Å². The van der Waals surface area contributed by atoms with Gasteiger partial charge in [0.15, 0.2) is 0 Å². The van der Waals surface area contributed by atoms with Gasteiger partial charge < -0.3 is 14.7 Å². The van der Waals surface area contributed by atoms with E-state index in [1.165, 1.54) is 0 Å². The van der Waals surface area contributed by atoms with Crippen molar-refractivity contribution in [3.63, 3.8) is 0 Å². The van der Waals surface area contributed by atoms with Crippen LogP contribution in [0.4, 0.5) is 0 Å². The maximum Gasteiger partial charge on any atom is 0.292 e. The molecule has 1 fully saturated rings. The molecule has 1 saturated heterocycles. The van der Waals surface area contributed by atoms with Crippen LogP contribution in [0.5, 0.6) is 0 Å². The molecule has 118 valence electrons. The molecule has 0 aliphatic carbocycles. The van der Waals surface area contributed by atoms with Crippen LogP contribution in [0.1, 0.15) is 17.0 Å². The molecular weight excluding hydrogens is 325 g/mol. The maximum absolute atomic E-state index is 12.4. The van der Waals surface area contributed by atoms with E-state index in [2.05, 4.69) is 10.5 Å². The summed E-state index contributed by atoms with van der Waals surface area (Å²) in [5.41, 5.74) is 1.46. The molecule has 1 amide bonds. The Hall–Kier alpha value is -1.56. The summed E-state index contributed by atoms with van der Waals surface area (Å²) in [5.74, 6) is 0.159. The first-order valence-corrected chi connectivity index (χ1v) is 7.34. The van der Waals surface area contributed by atoms with Crippen molar-refractivity contribution in [2.75, 3.05) is 26.2 Å². The van der Waals surface area contributed by atoms with Gasteiger partial charge >= 0.3 is 0 Å². The highest BCUT2D eigenvalue weighted by Gasteiger charge is 2.21. The lowest BCUT2D eigenvalue weighted by molar-refractivity contribution is 0.0724. The molecular formula is C15H17Cl2N3O2. The number of aromatic nitrogens is 1. The summed E-state index contributed by atoms with van der Waals surface area (Å²) >= 11 is 5.96. The number of nitrogens with one attached hydrogen (secondary N) is 1. The van der Waals surface area contributed by atoms with Crippen LogP contribution in [-0.2, 0) is 0 Å². The number of halogens is 2.